The molecule has 0 spiro atoms. The van der Waals surface area contributed by atoms with Gasteiger partial charge in [-0.05, 0) is 5.92 Å². The minimum atomic E-state index is -0.675. The molecule has 1 amide bonds. The first-order chi connectivity index (χ1) is 8.54. The van der Waals surface area contributed by atoms with Gasteiger partial charge in [0, 0.05) is 6.92 Å². The molecule has 0 atom stereocenters. The topological polar surface area (TPSA) is 107 Å². The number of ether oxygens (including phenoxy) is 1. The van der Waals surface area contributed by atoms with E-state index in [0.717, 1.165) is 0 Å². The molecule has 1 heterocycles. The number of methoxy groups -OCH3 is 1. The zero-order valence-corrected chi connectivity index (χ0v) is 9.98. The van der Waals surface area contributed by atoms with Crippen molar-refractivity contribution < 1.29 is 14.3 Å². The molecule has 1 rings (SSSR count). The molecule has 1 aromatic heterocycles. The van der Waals surface area contributed by atoms with Crippen molar-refractivity contribution in [3.63, 3.8) is 0 Å². The molecule has 94 valence electrons. The summed E-state index contributed by atoms with van der Waals surface area (Å²) in [4.78, 5) is 29.6. The summed E-state index contributed by atoms with van der Waals surface area (Å²) in [5.74, 6) is 4.43. The van der Waals surface area contributed by atoms with Gasteiger partial charge in [-0.25, -0.2) is 14.8 Å². The first kappa shape index (κ1) is 13.4. The van der Waals surface area contributed by atoms with Gasteiger partial charge in [0.25, 0.3) is 0 Å². The summed E-state index contributed by atoms with van der Waals surface area (Å²) in [5, 5.41) is 2.50. The van der Waals surface area contributed by atoms with Crippen LogP contribution in [0.5, 0.6) is 0 Å². The molecule has 18 heavy (non-hydrogen) atoms. The summed E-state index contributed by atoms with van der Waals surface area (Å²) in [7, 11) is 1.22. The van der Waals surface area contributed by atoms with Crippen molar-refractivity contribution in [2.24, 2.45) is 0 Å². The van der Waals surface area contributed by atoms with Gasteiger partial charge in [-0.1, -0.05) is 5.92 Å². The second-order valence-electron chi connectivity index (χ2n) is 3.19. The fourth-order valence-corrected chi connectivity index (χ4v) is 1.01. The van der Waals surface area contributed by atoms with Crippen LogP contribution in [0, 0.1) is 11.8 Å². The van der Waals surface area contributed by atoms with Crippen molar-refractivity contribution in [2.45, 2.75) is 6.92 Å². The van der Waals surface area contributed by atoms with Gasteiger partial charge < -0.3 is 15.8 Å². The molecule has 3 N–H and O–H groups in total. The molecular weight excluding hydrogens is 236 g/mol. The van der Waals surface area contributed by atoms with E-state index in [-0.39, 0.29) is 29.7 Å². The summed E-state index contributed by atoms with van der Waals surface area (Å²) in [5.41, 5.74) is 5.67. The first-order valence-electron chi connectivity index (χ1n) is 4.98. The smallest absolute Gasteiger partial charge is 0.360 e. The molecule has 0 fully saturated rings. The summed E-state index contributed by atoms with van der Waals surface area (Å²) in [6, 6.07) is 0. The number of hydrogen-bond donors (Lipinski definition) is 2. The highest BCUT2D eigenvalue weighted by Crippen LogP contribution is 2.06. The minimum absolute atomic E-state index is 0.0192. The molecular formula is C11H12N4O3. The van der Waals surface area contributed by atoms with Crippen LogP contribution < -0.4 is 11.1 Å². The predicted molar refractivity (Wildman–Crippen MR) is 63.3 cm³/mol. The number of carbonyl (C=O) groups is 2. The van der Waals surface area contributed by atoms with Gasteiger partial charge in [0.2, 0.25) is 5.91 Å². The van der Waals surface area contributed by atoms with E-state index in [9.17, 15) is 9.59 Å². The highest BCUT2D eigenvalue weighted by Gasteiger charge is 2.13. The normalized spacial score (nSPS) is 9.00. The lowest BCUT2D eigenvalue weighted by molar-refractivity contribution is -0.118. The van der Waals surface area contributed by atoms with Gasteiger partial charge in [-0.15, -0.1) is 0 Å². The second-order valence-corrected chi connectivity index (χ2v) is 3.19. The van der Waals surface area contributed by atoms with E-state index in [1.165, 1.54) is 20.2 Å². The van der Waals surface area contributed by atoms with Crippen LogP contribution >= 0.6 is 0 Å². The Morgan fingerprint density at radius 3 is 2.89 bits per heavy atom. The number of nitrogen functional groups attached to an aromatic ring is 1. The Labute approximate surface area is 104 Å². The Hall–Kier alpha value is -2.62. The van der Waals surface area contributed by atoms with Crippen LogP contribution in [-0.4, -0.2) is 35.5 Å². The Morgan fingerprint density at radius 2 is 2.28 bits per heavy atom. The molecule has 0 saturated heterocycles. The second kappa shape index (κ2) is 6.20. The number of nitrogens with zero attached hydrogens (tertiary/aromatic N) is 2. The molecule has 0 aliphatic heterocycles. The average Bonchev–Trinajstić information content (AvgIpc) is 2.35. The molecule has 7 heteroatoms. The number of carbonyl (C=O) groups excluding carboxylic acids is 2. The highest BCUT2D eigenvalue weighted by atomic mass is 16.5. The Bertz CT molecular complexity index is 531. The van der Waals surface area contributed by atoms with Gasteiger partial charge in [-0.3, -0.25) is 4.79 Å². The standard InChI is InChI=1S/C11H12N4O3/c1-7(16)13-5-3-4-8-6-14-10(12)9(15-8)11(17)18-2/h6H,5H2,1-2H3,(H2,12,14)(H,13,16). The number of nitrogens with one attached hydrogen (secondary N) is 1. The largest absolute Gasteiger partial charge is 0.464 e. The van der Waals surface area contributed by atoms with Crippen LogP contribution in [0.1, 0.15) is 23.1 Å². The van der Waals surface area contributed by atoms with Gasteiger partial charge in [0.1, 0.15) is 5.69 Å². The quantitative estimate of drug-likeness (QED) is 0.531. The zero-order valence-electron chi connectivity index (χ0n) is 9.98. The highest BCUT2D eigenvalue weighted by molar-refractivity contribution is 5.91. The number of nitrogens with two attached hydrogens (primary N) is 1. The number of hydrogen-bond acceptors (Lipinski definition) is 6. The third-order valence-electron chi connectivity index (χ3n) is 1.82. The Balaban J connectivity index is 2.85. The fraction of sp³-hybridized carbons (Fsp3) is 0.273. The predicted octanol–water partition coefficient (Wildman–Crippen LogP) is -0.667. The number of rotatable bonds is 2. The van der Waals surface area contributed by atoms with Gasteiger partial charge in [-0.2, -0.15) is 0 Å². The Morgan fingerprint density at radius 1 is 1.56 bits per heavy atom. The monoisotopic (exact) mass is 248 g/mol. The van der Waals surface area contributed by atoms with E-state index in [1.54, 1.807) is 0 Å². The lowest BCUT2D eigenvalue weighted by atomic mass is 10.3. The molecule has 0 bridgehead atoms. The first-order valence-corrected chi connectivity index (χ1v) is 4.98. The summed E-state index contributed by atoms with van der Waals surface area (Å²) >= 11 is 0. The van der Waals surface area contributed by atoms with E-state index < -0.39 is 5.97 Å². The lowest BCUT2D eigenvalue weighted by Gasteiger charge is -2.01. The van der Waals surface area contributed by atoms with E-state index in [0.29, 0.717) is 0 Å². The molecule has 0 aromatic carbocycles. The maximum Gasteiger partial charge on any atom is 0.360 e. The number of anilines is 1. The number of amides is 1. The average molecular weight is 248 g/mol. The van der Waals surface area contributed by atoms with Crippen LogP contribution in [0.15, 0.2) is 6.20 Å². The Kier molecular flexibility index (Phi) is 4.63. The number of aromatic nitrogens is 2. The van der Waals surface area contributed by atoms with Gasteiger partial charge in [0.05, 0.1) is 19.9 Å². The molecule has 0 aliphatic rings. The van der Waals surface area contributed by atoms with Crippen molar-refractivity contribution in [1.82, 2.24) is 15.3 Å². The van der Waals surface area contributed by atoms with Crippen molar-refractivity contribution in [1.29, 1.82) is 0 Å². The van der Waals surface area contributed by atoms with Crippen molar-refractivity contribution >= 4 is 17.7 Å². The lowest BCUT2D eigenvalue weighted by Crippen LogP contribution is -2.19. The summed E-state index contributed by atoms with van der Waals surface area (Å²) in [6.45, 7) is 1.58. The van der Waals surface area contributed by atoms with E-state index >= 15 is 0 Å². The zero-order chi connectivity index (χ0) is 13.5. The van der Waals surface area contributed by atoms with Crippen LogP contribution in [0.4, 0.5) is 5.82 Å². The maximum atomic E-state index is 11.3. The maximum absolute atomic E-state index is 11.3. The summed E-state index contributed by atoms with van der Waals surface area (Å²) in [6.07, 6.45) is 1.34. The molecule has 0 unspecified atom stereocenters. The third kappa shape index (κ3) is 3.75. The molecule has 7 nitrogen and oxygen atoms in total. The van der Waals surface area contributed by atoms with E-state index in [4.69, 9.17) is 5.73 Å². The minimum Gasteiger partial charge on any atom is -0.464 e. The van der Waals surface area contributed by atoms with Gasteiger partial charge in [0.15, 0.2) is 11.5 Å². The van der Waals surface area contributed by atoms with E-state index in [1.807, 2.05) is 0 Å². The van der Waals surface area contributed by atoms with Crippen LogP contribution in [0.3, 0.4) is 0 Å². The number of esters is 1. The van der Waals surface area contributed by atoms with Gasteiger partial charge >= 0.3 is 5.97 Å². The third-order valence-corrected chi connectivity index (χ3v) is 1.82. The fourth-order valence-electron chi connectivity index (χ4n) is 1.01. The van der Waals surface area contributed by atoms with E-state index in [2.05, 4.69) is 31.9 Å². The van der Waals surface area contributed by atoms with Crippen LogP contribution in [-0.2, 0) is 9.53 Å². The van der Waals surface area contributed by atoms with Crippen molar-refractivity contribution in [2.75, 3.05) is 19.4 Å². The van der Waals surface area contributed by atoms with Crippen LogP contribution in [0.25, 0.3) is 0 Å². The summed E-state index contributed by atoms with van der Waals surface area (Å²) < 4.78 is 4.50. The van der Waals surface area contributed by atoms with Crippen molar-refractivity contribution in [3.05, 3.63) is 17.6 Å². The van der Waals surface area contributed by atoms with Crippen LogP contribution in [0.2, 0.25) is 0 Å². The molecule has 0 aliphatic carbocycles. The SMILES string of the molecule is COC(=O)c1nc(C#CCNC(C)=O)cnc1N. The van der Waals surface area contributed by atoms with Crippen molar-refractivity contribution in [3.8, 4) is 11.8 Å². The molecule has 0 radical (unpaired) electrons. The molecule has 1 aromatic rings. The molecule has 0 saturated carbocycles.